The molecule has 4 rings (SSSR count). The van der Waals surface area contributed by atoms with Gasteiger partial charge in [-0.2, -0.15) is 13.2 Å². The molecule has 2 heterocycles. The highest BCUT2D eigenvalue weighted by molar-refractivity contribution is 5.73. The maximum absolute atomic E-state index is 13.6. The summed E-state index contributed by atoms with van der Waals surface area (Å²) in [5.41, 5.74) is 0. The van der Waals surface area contributed by atoms with Crippen LogP contribution in [0, 0.1) is 11.8 Å². The van der Waals surface area contributed by atoms with E-state index in [0.717, 1.165) is 32.1 Å². The summed E-state index contributed by atoms with van der Waals surface area (Å²) in [6.45, 7) is 2.28. The quantitative estimate of drug-likeness (QED) is 0.150. The lowest BCUT2D eigenvalue weighted by atomic mass is 9.82. The highest BCUT2D eigenvalue weighted by atomic mass is 19.4. The summed E-state index contributed by atoms with van der Waals surface area (Å²) < 4.78 is 70.0. The zero-order valence-electron chi connectivity index (χ0n) is 27.1. The third-order valence-corrected chi connectivity index (χ3v) is 10.0. The molecular weight excluding hydrogens is 651 g/mol. The van der Waals surface area contributed by atoms with E-state index in [4.69, 9.17) is 23.7 Å². The Morgan fingerprint density at radius 1 is 0.875 bits per heavy atom. The second kappa shape index (κ2) is 17.0. The number of ether oxygens (including phenoxy) is 5. The number of hydrogen-bond acceptors (Lipinski definition) is 12. The van der Waals surface area contributed by atoms with Gasteiger partial charge in [-0.3, -0.25) is 4.79 Å². The Bertz CT molecular complexity index is 1050. The fraction of sp³-hybridized carbons (Fsp3) is 0.935. The number of hydrogen-bond donors (Lipinski definition) is 7. The monoisotopic (exact) mass is 701 g/mol. The zero-order valence-corrected chi connectivity index (χ0v) is 27.1. The maximum Gasteiger partial charge on any atom is 0.417 e. The number of carboxylic acids is 1. The van der Waals surface area contributed by atoms with Gasteiger partial charge in [0, 0.05) is 6.92 Å². The molecule has 4 fully saturated rings. The van der Waals surface area contributed by atoms with Crippen molar-refractivity contribution < 1.29 is 77.1 Å². The number of aliphatic hydroxyl groups excluding tert-OH is 5. The molecule has 0 spiro atoms. The van der Waals surface area contributed by atoms with Crippen LogP contribution in [-0.4, -0.2) is 135 Å². The molecule has 0 aromatic heterocycles. The number of nitrogens with one attached hydrogen (secondary N) is 1. The second-order valence-corrected chi connectivity index (χ2v) is 13.4. The number of rotatable bonds is 12. The summed E-state index contributed by atoms with van der Waals surface area (Å²) in [4.78, 5) is 24.7. The van der Waals surface area contributed by atoms with E-state index in [-0.39, 0.29) is 24.7 Å². The van der Waals surface area contributed by atoms with E-state index in [9.17, 15) is 53.4 Å². The number of halogens is 3. The van der Waals surface area contributed by atoms with Gasteiger partial charge in [0.15, 0.2) is 24.8 Å². The summed E-state index contributed by atoms with van der Waals surface area (Å²) in [5, 5.41) is 64.6. The van der Waals surface area contributed by atoms with Gasteiger partial charge in [0.2, 0.25) is 5.91 Å². The van der Waals surface area contributed by atoms with E-state index in [1.807, 2.05) is 6.92 Å². The van der Waals surface area contributed by atoms with Gasteiger partial charge >= 0.3 is 12.1 Å². The van der Waals surface area contributed by atoms with Crippen LogP contribution < -0.4 is 5.32 Å². The minimum Gasteiger partial charge on any atom is -0.479 e. The molecule has 0 aromatic rings. The van der Waals surface area contributed by atoms with Gasteiger partial charge in [-0.15, -0.1) is 0 Å². The van der Waals surface area contributed by atoms with Gasteiger partial charge in [-0.25, -0.2) is 4.79 Å². The Labute approximate surface area is 276 Å². The molecule has 48 heavy (non-hydrogen) atoms. The Morgan fingerprint density at radius 2 is 1.56 bits per heavy atom. The number of aliphatic carboxylic acids is 1. The summed E-state index contributed by atoms with van der Waals surface area (Å²) in [6, 6.07) is -1.29. The molecule has 2 saturated heterocycles. The number of amides is 1. The average Bonchev–Trinajstić information content (AvgIpc) is 3.03. The Balaban J connectivity index is 1.59. The summed E-state index contributed by atoms with van der Waals surface area (Å²) >= 11 is 0. The van der Waals surface area contributed by atoms with Crippen LogP contribution in [0.4, 0.5) is 13.2 Å². The summed E-state index contributed by atoms with van der Waals surface area (Å²) in [7, 11) is 0. The topological polar surface area (TPSA) is 214 Å². The molecule has 7 N–H and O–H groups in total. The van der Waals surface area contributed by atoms with Crippen LogP contribution in [-0.2, 0) is 33.3 Å². The molecule has 14 atom stereocenters. The molecule has 0 aromatic carbocycles. The first-order valence-electron chi connectivity index (χ1n) is 16.8. The van der Waals surface area contributed by atoms with Gasteiger partial charge in [-0.1, -0.05) is 51.9 Å². The first kappa shape index (κ1) is 39.1. The molecule has 14 nitrogen and oxygen atoms in total. The lowest BCUT2D eigenvalue weighted by Gasteiger charge is -2.48. The van der Waals surface area contributed by atoms with E-state index < -0.39 is 104 Å². The van der Waals surface area contributed by atoms with Crippen molar-refractivity contribution in [2.45, 2.75) is 164 Å². The lowest BCUT2D eigenvalue weighted by molar-refractivity contribution is -0.372. The molecule has 278 valence electrons. The standard InChI is InChI=1S/C31H50F3NO13/c1-3-16-10-7-11-17(25(16)47-30-24(41)22(39)23(40)27(48-30)31(32,33)34)45-29-20(35-14(2)37)26(21(38)19(13-36)46-29)44-18(28(42)43)12-15-8-5-4-6-9-15/h15-27,29-30,36,38-41H,3-13H2,1-2H3,(H,35,37)(H,42,43). The largest absolute Gasteiger partial charge is 0.479 e. The Hall–Kier alpha value is -1.67. The van der Waals surface area contributed by atoms with Crippen LogP contribution in [0.3, 0.4) is 0 Å². The van der Waals surface area contributed by atoms with Crippen molar-refractivity contribution in [3.8, 4) is 0 Å². The smallest absolute Gasteiger partial charge is 0.417 e. The minimum absolute atomic E-state index is 0.0804. The normalized spacial score (nSPS) is 40.7. The predicted molar refractivity (Wildman–Crippen MR) is 157 cm³/mol. The average molecular weight is 702 g/mol. The molecule has 4 aliphatic rings. The van der Waals surface area contributed by atoms with Crippen LogP contribution in [0.15, 0.2) is 0 Å². The molecular formula is C31H50F3NO13. The summed E-state index contributed by atoms with van der Waals surface area (Å²) in [5.74, 6) is -2.11. The van der Waals surface area contributed by atoms with E-state index in [1.54, 1.807) is 0 Å². The van der Waals surface area contributed by atoms with Gasteiger partial charge in [-0.05, 0) is 31.1 Å². The first-order valence-corrected chi connectivity index (χ1v) is 16.8. The summed E-state index contributed by atoms with van der Waals surface area (Å²) in [6.07, 6.45) is -19.2. The third kappa shape index (κ3) is 9.35. The predicted octanol–water partition coefficient (Wildman–Crippen LogP) is 0.728. The molecule has 0 radical (unpaired) electrons. The number of alkyl halides is 3. The molecule has 2 aliphatic carbocycles. The molecule has 2 aliphatic heterocycles. The van der Waals surface area contributed by atoms with Gasteiger partial charge in [0.05, 0.1) is 18.8 Å². The Kier molecular flexibility index (Phi) is 13.9. The minimum atomic E-state index is -5.09. The number of carbonyl (C=O) groups excluding carboxylic acids is 1. The van der Waals surface area contributed by atoms with Crippen LogP contribution in [0.25, 0.3) is 0 Å². The van der Waals surface area contributed by atoms with Crippen LogP contribution in [0.1, 0.15) is 78.1 Å². The van der Waals surface area contributed by atoms with Crippen LogP contribution in [0.5, 0.6) is 0 Å². The van der Waals surface area contributed by atoms with Gasteiger partial charge in [0.25, 0.3) is 0 Å². The highest BCUT2D eigenvalue weighted by Crippen LogP contribution is 2.39. The van der Waals surface area contributed by atoms with Crippen molar-refractivity contribution in [2.75, 3.05) is 6.61 Å². The van der Waals surface area contributed by atoms with Gasteiger partial charge < -0.3 is 59.6 Å². The van der Waals surface area contributed by atoms with Crippen LogP contribution in [0.2, 0.25) is 0 Å². The van der Waals surface area contributed by atoms with Crippen molar-refractivity contribution >= 4 is 11.9 Å². The SMILES string of the molecule is CCC1CCCC(OC2OC(CO)C(O)C(OC(CC3CCCCC3)C(=O)O)C2NC(C)=O)C1OC1OC(C(F)(F)F)C(O)C(O)C1O. The third-order valence-electron chi connectivity index (χ3n) is 10.0. The lowest BCUT2D eigenvalue weighted by Crippen LogP contribution is -2.67. The van der Waals surface area contributed by atoms with Crippen molar-refractivity contribution in [1.82, 2.24) is 5.32 Å². The van der Waals surface area contributed by atoms with Crippen molar-refractivity contribution in [2.24, 2.45) is 11.8 Å². The molecule has 17 heteroatoms. The first-order chi connectivity index (χ1) is 22.7. The van der Waals surface area contributed by atoms with Gasteiger partial charge in [0.1, 0.15) is 42.7 Å². The number of carbonyl (C=O) groups is 2. The van der Waals surface area contributed by atoms with E-state index >= 15 is 0 Å². The molecule has 14 unspecified atom stereocenters. The molecule has 0 bridgehead atoms. The van der Waals surface area contributed by atoms with Crippen molar-refractivity contribution in [1.29, 1.82) is 0 Å². The maximum atomic E-state index is 13.6. The zero-order chi connectivity index (χ0) is 35.3. The fourth-order valence-corrected chi connectivity index (χ4v) is 7.42. The molecule has 1 amide bonds. The van der Waals surface area contributed by atoms with Crippen molar-refractivity contribution in [3.05, 3.63) is 0 Å². The highest BCUT2D eigenvalue weighted by Gasteiger charge is 2.57. The van der Waals surface area contributed by atoms with Crippen molar-refractivity contribution in [3.63, 3.8) is 0 Å². The van der Waals surface area contributed by atoms with E-state index in [1.165, 1.54) is 6.92 Å². The number of aliphatic hydroxyl groups is 5. The second-order valence-electron chi connectivity index (χ2n) is 13.4. The van der Waals surface area contributed by atoms with Crippen LogP contribution >= 0.6 is 0 Å². The number of carboxylic acid groups (broad SMARTS) is 1. The van der Waals surface area contributed by atoms with E-state index in [2.05, 4.69) is 5.32 Å². The fourth-order valence-electron chi connectivity index (χ4n) is 7.42. The molecule has 2 saturated carbocycles. The Morgan fingerprint density at radius 3 is 2.15 bits per heavy atom. The van der Waals surface area contributed by atoms with E-state index in [0.29, 0.717) is 19.3 Å².